The standard InChI is InChI=1S/C12H19NO2/c13-8-12(6-3-7-15-9-12)11(14)10-4-1-2-5-10/h10-11,14H,1-7,9H2. The first kappa shape index (κ1) is 10.9. The SMILES string of the molecule is N#CC1(C(O)C2CCCC2)CCCOC1. The van der Waals surface area contributed by atoms with Crippen molar-refractivity contribution < 1.29 is 9.84 Å². The molecule has 3 heteroatoms. The summed E-state index contributed by atoms with van der Waals surface area (Å²) in [6.45, 7) is 1.15. The van der Waals surface area contributed by atoms with Gasteiger partial charge in [-0.3, -0.25) is 0 Å². The first-order valence-electron chi connectivity index (χ1n) is 5.95. The van der Waals surface area contributed by atoms with Crippen molar-refractivity contribution in [1.82, 2.24) is 0 Å². The highest BCUT2D eigenvalue weighted by atomic mass is 16.5. The molecular formula is C12H19NO2. The van der Waals surface area contributed by atoms with Gasteiger partial charge in [-0.1, -0.05) is 12.8 Å². The van der Waals surface area contributed by atoms with E-state index in [4.69, 9.17) is 4.74 Å². The molecule has 2 aliphatic rings. The fourth-order valence-electron chi connectivity index (χ4n) is 2.93. The van der Waals surface area contributed by atoms with Crippen LogP contribution in [0, 0.1) is 22.7 Å². The topological polar surface area (TPSA) is 53.2 Å². The second kappa shape index (κ2) is 4.51. The van der Waals surface area contributed by atoms with Gasteiger partial charge in [0.05, 0.1) is 18.8 Å². The highest BCUT2D eigenvalue weighted by Crippen LogP contribution is 2.40. The van der Waals surface area contributed by atoms with Crippen molar-refractivity contribution >= 4 is 0 Å². The van der Waals surface area contributed by atoms with Gasteiger partial charge in [-0.05, 0) is 31.6 Å². The van der Waals surface area contributed by atoms with E-state index >= 15 is 0 Å². The van der Waals surface area contributed by atoms with E-state index in [2.05, 4.69) is 6.07 Å². The maximum atomic E-state index is 10.3. The summed E-state index contributed by atoms with van der Waals surface area (Å²) in [6, 6.07) is 2.32. The summed E-state index contributed by atoms with van der Waals surface area (Å²) < 4.78 is 5.37. The summed E-state index contributed by atoms with van der Waals surface area (Å²) in [6.07, 6.45) is 5.76. The van der Waals surface area contributed by atoms with E-state index in [1.165, 1.54) is 12.8 Å². The molecule has 0 aromatic rings. The fourth-order valence-corrected chi connectivity index (χ4v) is 2.93. The minimum Gasteiger partial charge on any atom is -0.391 e. The van der Waals surface area contributed by atoms with Gasteiger partial charge in [0.2, 0.25) is 0 Å². The van der Waals surface area contributed by atoms with Gasteiger partial charge in [-0.2, -0.15) is 5.26 Å². The van der Waals surface area contributed by atoms with Crippen LogP contribution in [0.3, 0.4) is 0 Å². The highest BCUT2D eigenvalue weighted by molar-refractivity contribution is 5.07. The quantitative estimate of drug-likeness (QED) is 0.755. The molecule has 1 aliphatic carbocycles. The Bertz CT molecular complexity index is 247. The molecule has 2 rings (SSSR count). The zero-order valence-electron chi connectivity index (χ0n) is 9.11. The maximum Gasteiger partial charge on any atom is 0.107 e. The number of aliphatic hydroxyl groups is 1. The van der Waals surface area contributed by atoms with Crippen LogP contribution in [0.4, 0.5) is 0 Å². The van der Waals surface area contributed by atoms with E-state index in [0.29, 0.717) is 12.5 Å². The fraction of sp³-hybridized carbons (Fsp3) is 0.917. The van der Waals surface area contributed by atoms with E-state index in [0.717, 1.165) is 32.3 Å². The van der Waals surface area contributed by atoms with Crippen molar-refractivity contribution in [2.24, 2.45) is 11.3 Å². The summed E-state index contributed by atoms with van der Waals surface area (Å²) in [5.41, 5.74) is -0.618. The number of nitriles is 1. The molecule has 1 saturated heterocycles. The molecule has 3 nitrogen and oxygen atoms in total. The lowest BCUT2D eigenvalue weighted by molar-refractivity contribution is -0.0706. The van der Waals surface area contributed by atoms with E-state index in [1.54, 1.807) is 0 Å². The molecule has 2 fully saturated rings. The van der Waals surface area contributed by atoms with Crippen LogP contribution in [-0.4, -0.2) is 24.4 Å². The molecule has 84 valence electrons. The van der Waals surface area contributed by atoms with Crippen LogP contribution in [0.15, 0.2) is 0 Å². The lowest BCUT2D eigenvalue weighted by Crippen LogP contribution is -2.44. The Hall–Kier alpha value is -0.590. The second-order valence-corrected chi connectivity index (χ2v) is 4.91. The zero-order chi connectivity index (χ0) is 10.7. The van der Waals surface area contributed by atoms with E-state index in [-0.39, 0.29) is 0 Å². The molecule has 0 aromatic carbocycles. The Morgan fingerprint density at radius 2 is 2.07 bits per heavy atom. The Balaban J connectivity index is 2.07. The normalized spacial score (nSPS) is 34.9. The third kappa shape index (κ3) is 2.02. The second-order valence-electron chi connectivity index (χ2n) is 4.91. The van der Waals surface area contributed by atoms with Gasteiger partial charge in [-0.15, -0.1) is 0 Å². The Kier molecular flexibility index (Phi) is 3.28. The summed E-state index contributed by atoms with van der Waals surface area (Å²) in [7, 11) is 0. The van der Waals surface area contributed by atoms with Crippen molar-refractivity contribution in [1.29, 1.82) is 5.26 Å². The third-order valence-corrected chi connectivity index (χ3v) is 3.91. The Labute approximate surface area is 91.0 Å². The average molecular weight is 209 g/mol. The van der Waals surface area contributed by atoms with Crippen LogP contribution in [0.5, 0.6) is 0 Å². The van der Waals surface area contributed by atoms with Gasteiger partial charge in [0.15, 0.2) is 0 Å². The average Bonchev–Trinajstić information content (AvgIpc) is 2.82. The van der Waals surface area contributed by atoms with Crippen LogP contribution in [0.1, 0.15) is 38.5 Å². The predicted molar refractivity (Wildman–Crippen MR) is 56.1 cm³/mol. The molecule has 0 spiro atoms. The van der Waals surface area contributed by atoms with Gasteiger partial charge in [0, 0.05) is 6.61 Å². The van der Waals surface area contributed by atoms with E-state index in [1.807, 2.05) is 0 Å². The number of aliphatic hydroxyl groups excluding tert-OH is 1. The van der Waals surface area contributed by atoms with Gasteiger partial charge in [0.1, 0.15) is 5.41 Å². The summed E-state index contributed by atoms with van der Waals surface area (Å²) in [5.74, 6) is 0.325. The molecule has 2 atom stereocenters. The monoisotopic (exact) mass is 209 g/mol. The summed E-state index contributed by atoms with van der Waals surface area (Å²) in [4.78, 5) is 0. The summed E-state index contributed by atoms with van der Waals surface area (Å²) in [5, 5.41) is 19.6. The van der Waals surface area contributed by atoms with Gasteiger partial charge >= 0.3 is 0 Å². The Morgan fingerprint density at radius 3 is 2.60 bits per heavy atom. The van der Waals surface area contributed by atoms with Crippen molar-refractivity contribution in [3.8, 4) is 6.07 Å². The number of rotatable bonds is 2. The minimum absolute atomic E-state index is 0.325. The molecule has 0 bridgehead atoms. The van der Waals surface area contributed by atoms with Crippen LogP contribution >= 0.6 is 0 Å². The van der Waals surface area contributed by atoms with Gasteiger partial charge in [-0.25, -0.2) is 0 Å². The van der Waals surface area contributed by atoms with Crippen molar-refractivity contribution in [2.75, 3.05) is 13.2 Å². The first-order valence-corrected chi connectivity index (χ1v) is 5.95. The van der Waals surface area contributed by atoms with Crippen LogP contribution in [-0.2, 0) is 4.74 Å². The first-order chi connectivity index (χ1) is 7.28. The van der Waals surface area contributed by atoms with Gasteiger partial charge < -0.3 is 9.84 Å². The van der Waals surface area contributed by atoms with Gasteiger partial charge in [0.25, 0.3) is 0 Å². The predicted octanol–water partition coefficient (Wildman–Crippen LogP) is 1.86. The van der Waals surface area contributed by atoms with Crippen molar-refractivity contribution in [3.05, 3.63) is 0 Å². The molecule has 15 heavy (non-hydrogen) atoms. The smallest absolute Gasteiger partial charge is 0.107 e. The molecule has 1 aliphatic heterocycles. The number of ether oxygens (including phenoxy) is 1. The molecule has 2 unspecified atom stereocenters. The van der Waals surface area contributed by atoms with Crippen LogP contribution in [0.25, 0.3) is 0 Å². The molecular weight excluding hydrogens is 190 g/mol. The zero-order valence-corrected chi connectivity index (χ0v) is 9.11. The van der Waals surface area contributed by atoms with E-state index in [9.17, 15) is 10.4 Å². The molecule has 0 aromatic heterocycles. The van der Waals surface area contributed by atoms with Crippen molar-refractivity contribution in [2.45, 2.75) is 44.6 Å². The third-order valence-electron chi connectivity index (χ3n) is 3.91. The van der Waals surface area contributed by atoms with Crippen LogP contribution in [0.2, 0.25) is 0 Å². The van der Waals surface area contributed by atoms with E-state index < -0.39 is 11.5 Å². The largest absolute Gasteiger partial charge is 0.391 e. The maximum absolute atomic E-state index is 10.3. The number of hydrogen-bond donors (Lipinski definition) is 1. The number of hydrogen-bond acceptors (Lipinski definition) is 3. The minimum atomic E-state index is -0.618. The molecule has 1 N–H and O–H groups in total. The lowest BCUT2D eigenvalue weighted by Gasteiger charge is -2.37. The van der Waals surface area contributed by atoms with Crippen LogP contribution < -0.4 is 0 Å². The Morgan fingerprint density at radius 1 is 1.33 bits per heavy atom. The molecule has 1 saturated carbocycles. The molecule has 0 radical (unpaired) electrons. The molecule has 1 heterocycles. The highest BCUT2D eigenvalue weighted by Gasteiger charge is 2.44. The molecule has 0 amide bonds. The van der Waals surface area contributed by atoms with Crippen molar-refractivity contribution in [3.63, 3.8) is 0 Å². The number of nitrogens with zero attached hydrogens (tertiary/aromatic N) is 1. The summed E-state index contributed by atoms with van der Waals surface area (Å²) >= 11 is 0. The lowest BCUT2D eigenvalue weighted by atomic mass is 9.73.